The lowest BCUT2D eigenvalue weighted by Crippen LogP contribution is -2.14. The number of halogens is 1. The number of aliphatic hydroxyl groups excluding tert-OH is 1. The zero-order chi connectivity index (χ0) is 17.6. The van der Waals surface area contributed by atoms with Crippen molar-refractivity contribution >= 4 is 21.6 Å². The molecule has 3 aromatic rings. The maximum atomic E-state index is 10.7. The maximum absolute atomic E-state index is 10.7. The highest BCUT2D eigenvalue weighted by Gasteiger charge is 2.18. The highest BCUT2D eigenvalue weighted by atomic mass is 79.9. The molecule has 25 heavy (non-hydrogen) atoms. The molecule has 2 nitrogen and oxygen atoms in total. The van der Waals surface area contributed by atoms with Gasteiger partial charge in [0.25, 0.3) is 0 Å². The first kappa shape index (κ1) is 17.7. The molecule has 3 rings (SSSR count). The fourth-order valence-corrected chi connectivity index (χ4v) is 3.12. The molecule has 0 aliphatic rings. The molecular weight excluding hydrogens is 374 g/mol. The molecule has 0 aliphatic heterocycles. The third-order valence-corrected chi connectivity index (χ3v) is 4.84. The van der Waals surface area contributed by atoms with Crippen LogP contribution in [0.5, 0.6) is 0 Å². The average Bonchev–Trinajstić information content (AvgIpc) is 2.64. The summed E-state index contributed by atoms with van der Waals surface area (Å²) in [5.41, 5.74) is 4.38. The fraction of sp³-hybridized carbons (Fsp3) is 0.182. The van der Waals surface area contributed by atoms with Crippen molar-refractivity contribution in [3.8, 4) is 0 Å². The molecule has 2 N–H and O–H groups in total. The van der Waals surface area contributed by atoms with Crippen molar-refractivity contribution in [1.29, 1.82) is 0 Å². The van der Waals surface area contributed by atoms with Crippen LogP contribution in [0.1, 0.15) is 35.3 Å². The van der Waals surface area contributed by atoms with Crippen LogP contribution in [0.4, 0.5) is 5.69 Å². The van der Waals surface area contributed by atoms with E-state index in [9.17, 15) is 5.11 Å². The van der Waals surface area contributed by atoms with Gasteiger partial charge in [-0.3, -0.25) is 0 Å². The molecule has 3 aromatic carbocycles. The van der Waals surface area contributed by atoms with E-state index in [-0.39, 0.29) is 6.04 Å². The molecule has 0 fully saturated rings. The van der Waals surface area contributed by atoms with Crippen molar-refractivity contribution < 1.29 is 5.11 Å². The number of rotatable bonds is 6. The molecule has 0 radical (unpaired) electrons. The number of anilines is 1. The van der Waals surface area contributed by atoms with Crippen LogP contribution in [0.3, 0.4) is 0 Å². The Balaban J connectivity index is 1.81. The van der Waals surface area contributed by atoms with Crippen LogP contribution in [0.15, 0.2) is 83.3 Å². The van der Waals surface area contributed by atoms with Gasteiger partial charge in [0.1, 0.15) is 0 Å². The topological polar surface area (TPSA) is 32.3 Å². The van der Waals surface area contributed by atoms with E-state index in [1.807, 2.05) is 42.5 Å². The van der Waals surface area contributed by atoms with Crippen LogP contribution in [0.25, 0.3) is 0 Å². The Morgan fingerprint density at radius 1 is 0.840 bits per heavy atom. The second-order valence-electron chi connectivity index (χ2n) is 6.28. The van der Waals surface area contributed by atoms with Gasteiger partial charge in [-0.05, 0) is 42.3 Å². The summed E-state index contributed by atoms with van der Waals surface area (Å²) in [6, 6.07) is 26.5. The first-order valence-electron chi connectivity index (χ1n) is 8.43. The maximum Gasteiger partial charge on any atom is 0.0813 e. The van der Waals surface area contributed by atoms with E-state index in [0.717, 1.165) is 15.7 Å². The number of hydrogen-bond acceptors (Lipinski definition) is 2. The van der Waals surface area contributed by atoms with Crippen LogP contribution in [0, 0.1) is 6.92 Å². The van der Waals surface area contributed by atoms with Crippen molar-refractivity contribution in [2.45, 2.75) is 25.5 Å². The monoisotopic (exact) mass is 395 g/mol. The van der Waals surface area contributed by atoms with Gasteiger partial charge in [-0.25, -0.2) is 0 Å². The lowest BCUT2D eigenvalue weighted by Gasteiger charge is -2.23. The van der Waals surface area contributed by atoms with E-state index in [1.165, 1.54) is 11.1 Å². The molecule has 2 unspecified atom stereocenters. The van der Waals surface area contributed by atoms with Crippen molar-refractivity contribution in [3.63, 3.8) is 0 Å². The molecule has 0 amide bonds. The lowest BCUT2D eigenvalue weighted by molar-refractivity contribution is 0.160. The predicted octanol–water partition coefficient (Wildman–Crippen LogP) is 6.03. The Labute approximate surface area is 157 Å². The van der Waals surface area contributed by atoms with Gasteiger partial charge < -0.3 is 10.4 Å². The summed E-state index contributed by atoms with van der Waals surface area (Å²) in [6.45, 7) is 2.08. The van der Waals surface area contributed by atoms with Gasteiger partial charge in [0.2, 0.25) is 0 Å². The molecule has 3 heteroatoms. The van der Waals surface area contributed by atoms with Gasteiger partial charge in [0, 0.05) is 16.6 Å². The SMILES string of the molecule is Cc1ccc(NC(CC(O)c2ccc(Br)cc2)c2ccccc2)cc1. The van der Waals surface area contributed by atoms with Gasteiger partial charge in [0.15, 0.2) is 0 Å². The lowest BCUT2D eigenvalue weighted by atomic mass is 9.96. The molecule has 0 saturated carbocycles. The highest BCUT2D eigenvalue weighted by molar-refractivity contribution is 9.10. The second-order valence-corrected chi connectivity index (χ2v) is 7.19. The molecule has 128 valence electrons. The van der Waals surface area contributed by atoms with E-state index >= 15 is 0 Å². The predicted molar refractivity (Wildman–Crippen MR) is 108 cm³/mol. The standard InChI is InChI=1S/C22H22BrNO/c1-16-7-13-20(14-8-16)24-21(17-5-3-2-4-6-17)15-22(25)18-9-11-19(23)12-10-18/h2-14,21-22,24-25H,15H2,1H3. The van der Waals surface area contributed by atoms with Gasteiger partial charge in [-0.2, -0.15) is 0 Å². The summed E-state index contributed by atoms with van der Waals surface area (Å²) >= 11 is 3.44. The normalized spacial score (nSPS) is 13.2. The third-order valence-electron chi connectivity index (χ3n) is 4.31. The Morgan fingerprint density at radius 3 is 2.12 bits per heavy atom. The summed E-state index contributed by atoms with van der Waals surface area (Å²) in [5, 5.41) is 14.3. The van der Waals surface area contributed by atoms with Gasteiger partial charge >= 0.3 is 0 Å². The number of benzene rings is 3. The van der Waals surface area contributed by atoms with E-state index in [0.29, 0.717) is 6.42 Å². The Bertz CT molecular complexity index is 785. The summed E-state index contributed by atoms with van der Waals surface area (Å²) in [5.74, 6) is 0. The minimum absolute atomic E-state index is 0.0301. The Hall–Kier alpha value is -2.10. The highest BCUT2D eigenvalue weighted by Crippen LogP contribution is 2.30. The first-order chi connectivity index (χ1) is 12.1. The quantitative estimate of drug-likeness (QED) is 0.533. The number of aryl methyl sites for hydroxylation is 1. The van der Waals surface area contributed by atoms with Gasteiger partial charge in [-0.15, -0.1) is 0 Å². The molecular formula is C22H22BrNO. The van der Waals surface area contributed by atoms with Crippen LogP contribution < -0.4 is 5.32 Å². The summed E-state index contributed by atoms with van der Waals surface area (Å²) in [7, 11) is 0. The summed E-state index contributed by atoms with van der Waals surface area (Å²) < 4.78 is 1.01. The summed E-state index contributed by atoms with van der Waals surface area (Å²) in [6.07, 6.45) is 0.0655. The van der Waals surface area contributed by atoms with E-state index in [2.05, 4.69) is 64.6 Å². The zero-order valence-electron chi connectivity index (χ0n) is 14.2. The van der Waals surface area contributed by atoms with Crippen molar-refractivity contribution in [1.82, 2.24) is 0 Å². The zero-order valence-corrected chi connectivity index (χ0v) is 15.8. The molecule has 2 atom stereocenters. The Kier molecular flexibility index (Phi) is 5.90. The van der Waals surface area contributed by atoms with E-state index in [1.54, 1.807) is 0 Å². The smallest absolute Gasteiger partial charge is 0.0813 e. The molecule has 0 aliphatic carbocycles. The molecule has 0 heterocycles. The number of nitrogens with one attached hydrogen (secondary N) is 1. The van der Waals surface area contributed by atoms with Crippen LogP contribution in [-0.2, 0) is 0 Å². The minimum Gasteiger partial charge on any atom is -0.388 e. The average molecular weight is 396 g/mol. The van der Waals surface area contributed by atoms with Crippen LogP contribution >= 0.6 is 15.9 Å². The van der Waals surface area contributed by atoms with Crippen LogP contribution in [-0.4, -0.2) is 5.11 Å². The van der Waals surface area contributed by atoms with E-state index < -0.39 is 6.10 Å². The molecule has 0 aromatic heterocycles. The van der Waals surface area contributed by atoms with Gasteiger partial charge in [0.05, 0.1) is 12.1 Å². The second kappa shape index (κ2) is 8.32. The number of hydrogen-bond donors (Lipinski definition) is 2. The van der Waals surface area contributed by atoms with Crippen molar-refractivity contribution in [2.24, 2.45) is 0 Å². The van der Waals surface area contributed by atoms with Crippen LogP contribution in [0.2, 0.25) is 0 Å². The van der Waals surface area contributed by atoms with Crippen molar-refractivity contribution in [2.75, 3.05) is 5.32 Å². The largest absolute Gasteiger partial charge is 0.388 e. The van der Waals surface area contributed by atoms with E-state index in [4.69, 9.17) is 0 Å². The minimum atomic E-state index is -0.531. The summed E-state index contributed by atoms with van der Waals surface area (Å²) in [4.78, 5) is 0. The number of aliphatic hydroxyl groups is 1. The van der Waals surface area contributed by atoms with Crippen molar-refractivity contribution in [3.05, 3.63) is 100 Å². The molecule has 0 spiro atoms. The Morgan fingerprint density at radius 2 is 1.48 bits per heavy atom. The molecule has 0 saturated heterocycles. The molecule has 0 bridgehead atoms. The van der Waals surface area contributed by atoms with Gasteiger partial charge in [-0.1, -0.05) is 76.1 Å². The third kappa shape index (κ3) is 4.94. The fourth-order valence-electron chi connectivity index (χ4n) is 2.86. The first-order valence-corrected chi connectivity index (χ1v) is 9.23.